The van der Waals surface area contributed by atoms with Crippen molar-refractivity contribution >= 4 is 22.6 Å². The highest BCUT2D eigenvalue weighted by molar-refractivity contribution is 14.1. The van der Waals surface area contributed by atoms with Gasteiger partial charge in [-0.05, 0) is 22.6 Å². The molecule has 3 heteroatoms. The first-order valence-electron chi connectivity index (χ1n) is 3.09. The summed E-state index contributed by atoms with van der Waals surface area (Å²) in [4.78, 5) is 0. The van der Waals surface area contributed by atoms with Gasteiger partial charge in [0.25, 0.3) is 0 Å². The maximum absolute atomic E-state index is 5.29. The van der Waals surface area contributed by atoms with Crippen molar-refractivity contribution in [2.75, 3.05) is 20.3 Å². The second-order valence-electron chi connectivity index (χ2n) is 2.20. The molecule has 0 atom stereocenters. The molecule has 9 heavy (non-hydrogen) atoms. The quantitative estimate of drug-likeness (QED) is 0.513. The van der Waals surface area contributed by atoms with E-state index in [0.717, 1.165) is 26.1 Å². The Bertz CT molecular complexity index is 89.1. The standard InChI is InChI=1S/C6H11IO2/c1-8-6(7)2-4-9-5-3-6/h2-5H2,1H3. The van der Waals surface area contributed by atoms with Gasteiger partial charge in [0.2, 0.25) is 0 Å². The molecule has 0 saturated carbocycles. The van der Waals surface area contributed by atoms with Crippen LogP contribution in [0.25, 0.3) is 0 Å². The molecule has 0 aromatic carbocycles. The lowest BCUT2D eigenvalue weighted by atomic mass is 10.2. The zero-order chi connectivity index (χ0) is 6.74. The van der Waals surface area contributed by atoms with Crippen LogP contribution < -0.4 is 0 Å². The summed E-state index contributed by atoms with van der Waals surface area (Å²) in [6, 6.07) is 0. The van der Waals surface area contributed by atoms with Gasteiger partial charge in [0.15, 0.2) is 0 Å². The van der Waals surface area contributed by atoms with Gasteiger partial charge in [0.1, 0.15) is 3.61 Å². The summed E-state index contributed by atoms with van der Waals surface area (Å²) in [5, 5.41) is 0. The van der Waals surface area contributed by atoms with Crippen molar-refractivity contribution < 1.29 is 9.47 Å². The van der Waals surface area contributed by atoms with Crippen LogP contribution in [-0.2, 0) is 9.47 Å². The molecule has 1 aliphatic rings. The van der Waals surface area contributed by atoms with Crippen LogP contribution in [0.3, 0.4) is 0 Å². The Labute approximate surface area is 69.0 Å². The van der Waals surface area contributed by atoms with Gasteiger partial charge in [0.05, 0.1) is 13.2 Å². The second kappa shape index (κ2) is 3.16. The molecule has 1 rings (SSSR count). The van der Waals surface area contributed by atoms with E-state index in [1.54, 1.807) is 7.11 Å². The first-order chi connectivity index (χ1) is 4.27. The molecule has 2 nitrogen and oxygen atoms in total. The largest absolute Gasteiger partial charge is 0.381 e. The molecule has 0 unspecified atom stereocenters. The van der Waals surface area contributed by atoms with E-state index in [0.29, 0.717) is 0 Å². The third-order valence-corrected chi connectivity index (χ3v) is 3.12. The van der Waals surface area contributed by atoms with Gasteiger partial charge in [-0.1, -0.05) is 0 Å². The van der Waals surface area contributed by atoms with Crippen molar-refractivity contribution in [3.05, 3.63) is 0 Å². The molecule has 0 aliphatic carbocycles. The molecule has 0 aromatic rings. The average molecular weight is 242 g/mol. The number of hydrogen-bond donors (Lipinski definition) is 0. The highest BCUT2D eigenvalue weighted by atomic mass is 127. The minimum Gasteiger partial charge on any atom is -0.381 e. The van der Waals surface area contributed by atoms with Gasteiger partial charge in [0, 0.05) is 20.0 Å². The molecule has 1 saturated heterocycles. The smallest absolute Gasteiger partial charge is 0.123 e. The minimum absolute atomic E-state index is 0.0655. The zero-order valence-corrected chi connectivity index (χ0v) is 7.68. The molecular formula is C6H11IO2. The van der Waals surface area contributed by atoms with Crippen LogP contribution in [0, 0.1) is 0 Å². The fourth-order valence-corrected chi connectivity index (χ4v) is 1.32. The fraction of sp³-hybridized carbons (Fsp3) is 1.00. The Hall–Kier alpha value is 0.650. The summed E-state index contributed by atoms with van der Waals surface area (Å²) in [5.41, 5.74) is 0. The molecule has 54 valence electrons. The summed E-state index contributed by atoms with van der Waals surface area (Å²) in [6.07, 6.45) is 2.04. The molecule has 0 spiro atoms. The van der Waals surface area contributed by atoms with Crippen molar-refractivity contribution in [3.8, 4) is 0 Å². The average Bonchev–Trinajstić information content (AvgIpc) is 1.90. The van der Waals surface area contributed by atoms with Gasteiger partial charge in [-0.15, -0.1) is 0 Å². The topological polar surface area (TPSA) is 18.5 Å². The molecule has 0 amide bonds. The number of hydrogen-bond acceptors (Lipinski definition) is 2. The number of alkyl halides is 1. The lowest BCUT2D eigenvalue weighted by Crippen LogP contribution is -2.31. The lowest BCUT2D eigenvalue weighted by Gasteiger charge is -2.29. The number of rotatable bonds is 1. The monoisotopic (exact) mass is 242 g/mol. The zero-order valence-electron chi connectivity index (χ0n) is 5.52. The summed E-state index contributed by atoms with van der Waals surface area (Å²) in [6.45, 7) is 1.69. The van der Waals surface area contributed by atoms with Crippen molar-refractivity contribution in [2.24, 2.45) is 0 Å². The van der Waals surface area contributed by atoms with Crippen LogP contribution in [-0.4, -0.2) is 23.9 Å². The first-order valence-corrected chi connectivity index (χ1v) is 4.16. The van der Waals surface area contributed by atoms with Gasteiger partial charge in [-0.2, -0.15) is 0 Å². The summed E-state index contributed by atoms with van der Waals surface area (Å²) in [5.74, 6) is 0. The third kappa shape index (κ3) is 2.05. The summed E-state index contributed by atoms with van der Waals surface area (Å²) in [7, 11) is 1.76. The highest BCUT2D eigenvalue weighted by Gasteiger charge is 2.28. The Morgan fingerprint density at radius 3 is 2.33 bits per heavy atom. The highest BCUT2D eigenvalue weighted by Crippen LogP contribution is 2.30. The molecule has 0 bridgehead atoms. The maximum atomic E-state index is 5.29. The molecule has 1 fully saturated rings. The molecule has 1 heterocycles. The molecule has 0 radical (unpaired) electrons. The fourth-order valence-electron chi connectivity index (χ4n) is 0.880. The van der Waals surface area contributed by atoms with Gasteiger partial charge >= 0.3 is 0 Å². The van der Waals surface area contributed by atoms with Gasteiger partial charge in [-0.3, -0.25) is 0 Å². The van der Waals surface area contributed by atoms with Crippen LogP contribution in [0.2, 0.25) is 0 Å². The lowest BCUT2D eigenvalue weighted by molar-refractivity contribution is -0.0206. The van der Waals surface area contributed by atoms with E-state index in [2.05, 4.69) is 22.6 Å². The van der Waals surface area contributed by atoms with Crippen LogP contribution in [0.15, 0.2) is 0 Å². The normalized spacial score (nSPS) is 26.0. The van der Waals surface area contributed by atoms with Crippen molar-refractivity contribution in [1.82, 2.24) is 0 Å². The van der Waals surface area contributed by atoms with Crippen LogP contribution >= 0.6 is 22.6 Å². The summed E-state index contributed by atoms with van der Waals surface area (Å²) < 4.78 is 10.5. The van der Waals surface area contributed by atoms with Crippen molar-refractivity contribution in [3.63, 3.8) is 0 Å². The second-order valence-corrected chi connectivity index (χ2v) is 4.17. The summed E-state index contributed by atoms with van der Waals surface area (Å²) >= 11 is 2.35. The van der Waals surface area contributed by atoms with E-state index in [1.807, 2.05) is 0 Å². The predicted molar refractivity (Wildman–Crippen MR) is 43.8 cm³/mol. The van der Waals surface area contributed by atoms with Crippen molar-refractivity contribution in [2.45, 2.75) is 16.4 Å². The number of ether oxygens (including phenoxy) is 2. The number of halogens is 1. The van der Waals surface area contributed by atoms with Gasteiger partial charge < -0.3 is 9.47 Å². The third-order valence-electron chi connectivity index (χ3n) is 1.61. The van der Waals surface area contributed by atoms with E-state index in [9.17, 15) is 0 Å². The Kier molecular flexibility index (Phi) is 2.73. The molecule has 0 aromatic heterocycles. The predicted octanol–water partition coefficient (Wildman–Crippen LogP) is 1.57. The van der Waals surface area contributed by atoms with Gasteiger partial charge in [-0.25, -0.2) is 0 Å². The first kappa shape index (κ1) is 7.75. The number of methoxy groups -OCH3 is 1. The minimum atomic E-state index is 0.0655. The van der Waals surface area contributed by atoms with E-state index in [4.69, 9.17) is 9.47 Å². The van der Waals surface area contributed by atoms with Crippen LogP contribution in [0.4, 0.5) is 0 Å². The Balaban J connectivity index is 2.37. The Morgan fingerprint density at radius 1 is 1.44 bits per heavy atom. The maximum Gasteiger partial charge on any atom is 0.123 e. The van der Waals surface area contributed by atoms with E-state index < -0.39 is 0 Å². The van der Waals surface area contributed by atoms with Crippen molar-refractivity contribution in [1.29, 1.82) is 0 Å². The van der Waals surface area contributed by atoms with Crippen LogP contribution in [0.1, 0.15) is 12.8 Å². The van der Waals surface area contributed by atoms with Crippen LogP contribution in [0.5, 0.6) is 0 Å². The Morgan fingerprint density at radius 2 is 2.00 bits per heavy atom. The van der Waals surface area contributed by atoms with E-state index in [1.165, 1.54) is 0 Å². The molecule has 0 N–H and O–H groups in total. The molecule has 1 aliphatic heterocycles. The molecular weight excluding hydrogens is 231 g/mol. The van der Waals surface area contributed by atoms with E-state index in [-0.39, 0.29) is 3.61 Å². The van der Waals surface area contributed by atoms with E-state index >= 15 is 0 Å². The SMILES string of the molecule is COC1(I)CCOCC1.